The third-order valence-electron chi connectivity index (χ3n) is 16.3. The molecule has 2 unspecified atom stereocenters. The van der Waals surface area contributed by atoms with Crippen LogP contribution in [0, 0.1) is 6.92 Å². The van der Waals surface area contributed by atoms with Crippen molar-refractivity contribution < 1.29 is 0 Å². The van der Waals surface area contributed by atoms with E-state index < -0.39 is 0 Å². The molecule has 0 radical (unpaired) electrons. The second-order valence-electron chi connectivity index (χ2n) is 22.2. The molecule has 3 aliphatic heterocycles. The predicted molar refractivity (Wildman–Crippen MR) is 286 cm³/mol. The van der Waals surface area contributed by atoms with Crippen molar-refractivity contribution >= 4 is 68.6 Å². The summed E-state index contributed by atoms with van der Waals surface area (Å²) < 4.78 is 0. The first-order chi connectivity index (χ1) is 32.2. The number of benzene rings is 8. The standard InChI is InChI=1S/C63H60BN3/c1-41-19-13-15-23-49(41)43-27-34-54-51(37-43)62(8)36-35-42-20-14-16-24-50(42)63(62,9)67(54)48-32-33-53-56(40-48)66(47-30-28-44(29-31-47)60(2,3)4)58-39-45(61(5,6)7)38-57-59(58)64(53)52-25-17-18-26-55(52)65(57)46-21-11-10-12-22-46/h10-34,37-40H,35-36H2,1-9H3. The van der Waals surface area contributed by atoms with Gasteiger partial charge in [0.15, 0.2) is 0 Å². The van der Waals surface area contributed by atoms with E-state index in [1.54, 1.807) is 0 Å². The Hall–Kier alpha value is -6.78. The molecule has 3 nitrogen and oxygen atoms in total. The molecule has 0 amide bonds. The van der Waals surface area contributed by atoms with E-state index in [0.717, 1.165) is 12.8 Å². The minimum absolute atomic E-state index is 0.0302. The number of fused-ring (bicyclic) bond motifs is 9. The van der Waals surface area contributed by atoms with Gasteiger partial charge in [0.05, 0.1) is 5.54 Å². The third kappa shape index (κ3) is 6.04. The number of para-hydroxylation sites is 2. The van der Waals surface area contributed by atoms with E-state index >= 15 is 0 Å². The lowest BCUT2D eigenvalue weighted by Gasteiger charge is -2.51. The summed E-state index contributed by atoms with van der Waals surface area (Å²) in [4.78, 5) is 7.87. The first kappa shape index (κ1) is 41.6. The Labute approximate surface area is 398 Å². The maximum absolute atomic E-state index is 2.74. The summed E-state index contributed by atoms with van der Waals surface area (Å²) in [5.41, 5.74) is 24.1. The molecule has 8 aromatic carbocycles. The van der Waals surface area contributed by atoms with Crippen molar-refractivity contribution in [3.63, 3.8) is 0 Å². The van der Waals surface area contributed by atoms with E-state index in [0.29, 0.717) is 0 Å². The largest absolute Gasteiger partial charge is 0.330 e. The predicted octanol–water partition coefficient (Wildman–Crippen LogP) is 14.6. The zero-order valence-corrected chi connectivity index (χ0v) is 40.6. The van der Waals surface area contributed by atoms with E-state index in [-0.39, 0.29) is 28.5 Å². The topological polar surface area (TPSA) is 9.72 Å². The minimum atomic E-state index is -0.352. The molecule has 0 bridgehead atoms. The summed E-state index contributed by atoms with van der Waals surface area (Å²) in [6.45, 7) is 21.3. The van der Waals surface area contributed by atoms with E-state index in [1.807, 2.05) is 0 Å². The van der Waals surface area contributed by atoms with Crippen LogP contribution in [0.4, 0.5) is 45.5 Å². The Kier molecular flexibility index (Phi) is 9.08. The van der Waals surface area contributed by atoms with E-state index in [2.05, 4.69) is 253 Å². The van der Waals surface area contributed by atoms with Gasteiger partial charge in [-0.25, -0.2) is 0 Å². The molecule has 4 heteroatoms. The third-order valence-corrected chi connectivity index (χ3v) is 16.3. The molecule has 1 aliphatic carbocycles. The van der Waals surface area contributed by atoms with Crippen molar-refractivity contribution in [2.24, 2.45) is 0 Å². The van der Waals surface area contributed by atoms with Gasteiger partial charge in [0.2, 0.25) is 0 Å². The Bertz CT molecular complexity index is 3280. The van der Waals surface area contributed by atoms with Crippen molar-refractivity contribution in [3.8, 4) is 11.1 Å². The lowest BCUT2D eigenvalue weighted by molar-refractivity contribution is 0.245. The fourth-order valence-electron chi connectivity index (χ4n) is 12.5. The molecule has 0 saturated carbocycles. The fraction of sp³-hybridized carbons (Fsp3) is 0.238. The molecule has 2 atom stereocenters. The van der Waals surface area contributed by atoms with Crippen LogP contribution in [-0.2, 0) is 28.2 Å². The molecule has 0 spiro atoms. The zero-order valence-electron chi connectivity index (χ0n) is 40.6. The first-order valence-corrected chi connectivity index (χ1v) is 24.4. The Morgan fingerprint density at radius 1 is 0.478 bits per heavy atom. The van der Waals surface area contributed by atoms with Crippen LogP contribution in [0.1, 0.15) is 95.2 Å². The maximum Gasteiger partial charge on any atom is 0.252 e. The average Bonchev–Trinajstić information content (AvgIpc) is 3.53. The molecule has 0 aromatic heterocycles. The van der Waals surface area contributed by atoms with Gasteiger partial charge in [-0.05, 0) is 165 Å². The van der Waals surface area contributed by atoms with E-state index in [9.17, 15) is 0 Å². The fourth-order valence-corrected chi connectivity index (χ4v) is 12.5. The van der Waals surface area contributed by atoms with Gasteiger partial charge in [-0.15, -0.1) is 0 Å². The second-order valence-corrected chi connectivity index (χ2v) is 22.2. The lowest BCUT2D eigenvalue weighted by atomic mass is 9.33. The number of rotatable bonds is 4. The van der Waals surface area contributed by atoms with Crippen LogP contribution in [0.5, 0.6) is 0 Å². The van der Waals surface area contributed by atoms with Gasteiger partial charge >= 0.3 is 0 Å². The van der Waals surface area contributed by atoms with Crippen molar-refractivity contribution in [1.29, 1.82) is 0 Å². The van der Waals surface area contributed by atoms with E-state index in [4.69, 9.17) is 0 Å². The number of aryl methyl sites for hydroxylation is 2. The van der Waals surface area contributed by atoms with Crippen LogP contribution in [0.25, 0.3) is 11.1 Å². The van der Waals surface area contributed by atoms with Gasteiger partial charge in [0, 0.05) is 50.9 Å². The molecular formula is C63H60BN3. The molecule has 0 N–H and O–H groups in total. The van der Waals surface area contributed by atoms with Gasteiger partial charge in [-0.3, -0.25) is 0 Å². The Morgan fingerprint density at radius 2 is 1.09 bits per heavy atom. The SMILES string of the molecule is Cc1ccccc1-c1ccc2c(c1)C1(C)CCc3ccccc3C1(C)N2c1ccc2c(c1)N(c1ccc(C(C)(C)C)cc1)c1cc(C(C)(C)C)cc3c1B2c1ccccc1N3c1ccccc1. The second kappa shape index (κ2) is 14.6. The number of hydrogen-bond acceptors (Lipinski definition) is 3. The van der Waals surface area contributed by atoms with Crippen LogP contribution >= 0.6 is 0 Å². The average molecular weight is 870 g/mol. The van der Waals surface area contributed by atoms with Crippen LogP contribution in [-0.4, -0.2) is 6.71 Å². The highest BCUT2D eigenvalue weighted by molar-refractivity contribution is 7.00. The van der Waals surface area contributed by atoms with Crippen molar-refractivity contribution in [2.75, 3.05) is 14.7 Å². The lowest BCUT2D eigenvalue weighted by Crippen LogP contribution is -2.61. The maximum atomic E-state index is 2.74. The molecule has 4 aliphatic rings. The summed E-state index contributed by atoms with van der Waals surface area (Å²) in [7, 11) is 0. The summed E-state index contributed by atoms with van der Waals surface area (Å²) in [5.74, 6) is 0. The molecule has 3 heterocycles. The summed E-state index contributed by atoms with van der Waals surface area (Å²) in [6, 6.07) is 67.5. The number of nitrogens with zero attached hydrogens (tertiary/aromatic N) is 3. The first-order valence-electron chi connectivity index (χ1n) is 24.4. The number of hydrogen-bond donors (Lipinski definition) is 0. The number of anilines is 8. The quantitative estimate of drug-likeness (QED) is 0.163. The molecule has 67 heavy (non-hydrogen) atoms. The molecule has 0 saturated heterocycles. The summed E-state index contributed by atoms with van der Waals surface area (Å²) in [6.07, 6.45) is 2.13. The van der Waals surface area contributed by atoms with Crippen molar-refractivity contribution in [1.82, 2.24) is 0 Å². The highest BCUT2D eigenvalue weighted by atomic mass is 15.3. The van der Waals surface area contributed by atoms with Crippen LogP contribution < -0.4 is 31.1 Å². The minimum Gasteiger partial charge on any atom is -0.330 e. The van der Waals surface area contributed by atoms with Gasteiger partial charge < -0.3 is 14.7 Å². The monoisotopic (exact) mass is 869 g/mol. The molecule has 8 aromatic rings. The van der Waals surface area contributed by atoms with Crippen LogP contribution in [0.2, 0.25) is 0 Å². The van der Waals surface area contributed by atoms with Crippen molar-refractivity contribution in [2.45, 2.75) is 96.9 Å². The van der Waals surface area contributed by atoms with Crippen LogP contribution in [0.3, 0.4) is 0 Å². The van der Waals surface area contributed by atoms with Gasteiger partial charge in [-0.1, -0.05) is 158 Å². The van der Waals surface area contributed by atoms with Gasteiger partial charge in [0.1, 0.15) is 0 Å². The summed E-state index contributed by atoms with van der Waals surface area (Å²) >= 11 is 0. The molecule has 330 valence electrons. The highest BCUT2D eigenvalue weighted by Crippen LogP contribution is 2.64. The Balaban J connectivity index is 1.14. The summed E-state index contributed by atoms with van der Waals surface area (Å²) in [5, 5.41) is 0. The van der Waals surface area contributed by atoms with Crippen molar-refractivity contribution in [3.05, 3.63) is 209 Å². The highest BCUT2D eigenvalue weighted by Gasteiger charge is 2.60. The normalized spacial score (nSPS) is 19.0. The smallest absolute Gasteiger partial charge is 0.252 e. The van der Waals surface area contributed by atoms with Gasteiger partial charge in [-0.2, -0.15) is 0 Å². The van der Waals surface area contributed by atoms with Gasteiger partial charge in [0.25, 0.3) is 6.71 Å². The van der Waals surface area contributed by atoms with Crippen LogP contribution in [0.15, 0.2) is 176 Å². The molecular weight excluding hydrogens is 810 g/mol. The molecule has 12 rings (SSSR count). The molecule has 0 fully saturated rings. The Morgan fingerprint density at radius 3 is 1.82 bits per heavy atom. The van der Waals surface area contributed by atoms with E-state index in [1.165, 1.54) is 106 Å². The zero-order chi connectivity index (χ0) is 46.2.